The van der Waals surface area contributed by atoms with Crippen LogP contribution >= 0.6 is 0 Å². The smallest absolute Gasteiger partial charge is 0.432 e. The summed E-state index contributed by atoms with van der Waals surface area (Å²) in [6.07, 6.45) is -5.39. The van der Waals surface area contributed by atoms with Crippen LogP contribution in [0.4, 0.5) is 4.79 Å². The fourth-order valence-corrected chi connectivity index (χ4v) is 12.0. The van der Waals surface area contributed by atoms with Crippen LogP contribution in [0, 0.1) is 11.8 Å². The predicted molar refractivity (Wildman–Crippen MR) is 283 cm³/mol. The fourth-order valence-electron chi connectivity index (χ4n) is 10.6. The highest BCUT2D eigenvalue weighted by Gasteiger charge is 2.57. The first-order chi connectivity index (χ1) is 38.9. The van der Waals surface area contributed by atoms with Gasteiger partial charge in [0, 0.05) is 49.7 Å². The molecule has 2 unspecified atom stereocenters. The number of aliphatic hydroxyl groups excluding tert-OH is 3. The largest absolute Gasteiger partial charge is 0.475 e. The molecule has 2 saturated heterocycles. The monoisotopic (exact) mass is 1170 g/mol. The molecule has 1 aromatic carbocycles. The van der Waals surface area contributed by atoms with Gasteiger partial charge in [0.25, 0.3) is 17.7 Å². The summed E-state index contributed by atoms with van der Waals surface area (Å²) < 4.78 is 21.9. The van der Waals surface area contributed by atoms with E-state index in [4.69, 9.17) is 15.3 Å². The average Bonchev–Trinajstić information content (AvgIpc) is 4.06. The molecule has 8 bridgehead atoms. The van der Waals surface area contributed by atoms with Gasteiger partial charge in [-0.05, 0) is 49.3 Å². The van der Waals surface area contributed by atoms with Crippen LogP contribution in [0.15, 0.2) is 23.2 Å². The molecule has 2 aromatic rings. The van der Waals surface area contributed by atoms with Gasteiger partial charge < -0.3 is 83.0 Å². The summed E-state index contributed by atoms with van der Waals surface area (Å²) in [6.45, 7) is 1.65. The number of fused-ring (bicyclic) bond motifs is 8. The Morgan fingerprint density at radius 2 is 1.55 bits per heavy atom. The number of hydrogen-bond acceptors (Lipinski definition) is 18. The molecule has 0 saturated carbocycles. The van der Waals surface area contributed by atoms with Crippen molar-refractivity contribution >= 4 is 92.8 Å². The first kappa shape index (κ1) is 61.8. The Bertz CT molecular complexity index is 2870. The van der Waals surface area contributed by atoms with E-state index in [2.05, 4.69) is 47.5 Å². The second-order valence-electron chi connectivity index (χ2n) is 21.1. The van der Waals surface area contributed by atoms with Crippen LogP contribution in [0.25, 0.3) is 10.9 Å². The fraction of sp³-hybridized carbons (Fsp3) is 0.608. The summed E-state index contributed by atoms with van der Waals surface area (Å²) in [5.41, 5.74) is 3.54. The van der Waals surface area contributed by atoms with Gasteiger partial charge >= 0.3 is 6.09 Å². The Morgan fingerprint density at radius 1 is 0.866 bits per heavy atom. The summed E-state index contributed by atoms with van der Waals surface area (Å²) in [6, 6.07) is -5.83. The highest BCUT2D eigenvalue weighted by atomic mass is 32.2. The highest BCUT2D eigenvalue weighted by Crippen LogP contribution is 2.39. The number of hydrogen-bond donors (Lipinski definition) is 13. The second-order valence-corrected chi connectivity index (χ2v) is 22.6. The minimum atomic E-state index is -2.43. The van der Waals surface area contributed by atoms with Gasteiger partial charge in [0.15, 0.2) is 0 Å². The predicted octanol–water partition coefficient (Wildman–Crippen LogP) is -4.75. The molecule has 6 aliphatic heterocycles. The van der Waals surface area contributed by atoms with Crippen molar-refractivity contribution < 1.29 is 86.6 Å². The molecule has 0 radical (unpaired) electrons. The number of aromatic amines is 1. The van der Waals surface area contributed by atoms with E-state index in [0.717, 1.165) is 4.90 Å². The number of nitrogens with one attached hydrogen (secondary N) is 9. The number of aliphatic hydroxyl groups is 3. The number of unbranched alkanes of at least 4 members (excludes halogenated alkanes) is 3. The topological polar surface area (TPSA) is 446 Å². The standard InChI is InChI=1S/C51H70N12O18S/c1-4-24(2)41-45(74)55-19-37(68)56-33-23-82(79)47-29-17-31(43(72)54-20-38(69)60-41)57-46(75)42(25(3)34(66)22-64)61-49(77)51(80-27-9-10-28(29)30(16-27)59-47,13-7-5-6-8-14-53-50(78)81-63-39(70)11-12-40(63)71)35-15-26(65)21-62(35)48(76)32(18-36(52)67)58-44(33)73/h9-10,16,24-26,31-35,41-42,59,64-66H,4-8,11-15,17-23H2,1-3H3,(H2,52,67)(H,53,78)(H,54,72)(H,55,74)(H,56,68)(H,57,75)(H,58,73)(H,60,69)(H,61,77)/t24-,25-,26+,31+,32-,33-,34-,35-,41-,42-,51?,82?/m0/s1. The van der Waals surface area contributed by atoms with Crippen LogP contribution in [0.5, 0.6) is 5.75 Å². The van der Waals surface area contributed by atoms with Gasteiger partial charge in [-0.15, -0.1) is 5.06 Å². The van der Waals surface area contributed by atoms with Crippen LogP contribution in [0.3, 0.4) is 0 Å². The SMILES string of the molecule is CC[C@H](C)[C@@H]1NC(=O)CNC(=O)[C@H]2Cc3c4[nH]c5cc(ccc35)OC(CCCCCCNC(=O)ON3C(=O)CCC3=O)(C(=O)N[C@@H]([C@@H](C)[C@@H](O)CO)C(=O)N2)[C@@H]2C[C@@H](O)CN2C(=O)[C@H](CC(N)=O)NC(=O)[C@H](CS4=O)NC(=O)CNC1=O. The Morgan fingerprint density at radius 3 is 2.23 bits per heavy atom. The molecule has 7 heterocycles. The zero-order valence-corrected chi connectivity index (χ0v) is 46.2. The van der Waals surface area contributed by atoms with E-state index in [1.165, 1.54) is 25.1 Å². The lowest BCUT2D eigenvalue weighted by Gasteiger charge is -2.43. The summed E-state index contributed by atoms with van der Waals surface area (Å²) in [4.78, 5) is 175. The molecule has 0 aliphatic carbocycles. The number of nitrogens with two attached hydrogens (primary N) is 1. The van der Waals surface area contributed by atoms with E-state index in [9.17, 15) is 58.5 Å². The van der Waals surface area contributed by atoms with Gasteiger partial charge in [0.05, 0.1) is 66.4 Å². The van der Waals surface area contributed by atoms with E-state index in [0.29, 0.717) is 17.9 Å². The molecule has 12 amide bonds. The normalized spacial score (nSPS) is 28.0. The number of imide groups is 1. The van der Waals surface area contributed by atoms with Crippen molar-refractivity contribution in [1.82, 2.24) is 57.5 Å². The molecule has 2 fully saturated rings. The van der Waals surface area contributed by atoms with Crippen molar-refractivity contribution in [2.45, 2.75) is 150 Å². The third-order valence-corrected chi connectivity index (χ3v) is 16.8. The zero-order valence-electron chi connectivity index (χ0n) is 45.4. The Labute approximate surface area is 471 Å². The van der Waals surface area contributed by atoms with Gasteiger partial charge in [0.1, 0.15) is 41.0 Å². The molecule has 12 atom stereocenters. The number of benzene rings is 1. The lowest BCUT2D eigenvalue weighted by atomic mass is 9.83. The summed E-state index contributed by atoms with van der Waals surface area (Å²) in [7, 11) is -2.43. The molecule has 8 rings (SSSR count). The molecular weight excluding hydrogens is 1100 g/mol. The van der Waals surface area contributed by atoms with Crippen LogP contribution < -0.4 is 53.0 Å². The van der Waals surface area contributed by atoms with Crippen LogP contribution in [0.2, 0.25) is 0 Å². The van der Waals surface area contributed by atoms with Crippen molar-refractivity contribution in [1.29, 1.82) is 0 Å². The number of ether oxygens (including phenoxy) is 1. The van der Waals surface area contributed by atoms with Crippen LogP contribution in [0.1, 0.15) is 90.5 Å². The van der Waals surface area contributed by atoms with Gasteiger partial charge in [-0.1, -0.05) is 40.0 Å². The van der Waals surface area contributed by atoms with Gasteiger partial charge in [-0.25, -0.2) is 4.79 Å². The highest BCUT2D eigenvalue weighted by molar-refractivity contribution is 7.85. The molecule has 82 heavy (non-hydrogen) atoms. The van der Waals surface area contributed by atoms with E-state index >= 15 is 18.6 Å². The number of carbonyl (C=O) groups excluding carboxylic acids is 12. The summed E-state index contributed by atoms with van der Waals surface area (Å²) in [5, 5.41) is 53.6. The third-order valence-electron chi connectivity index (χ3n) is 15.4. The van der Waals surface area contributed by atoms with Crippen molar-refractivity contribution in [2.75, 3.05) is 38.5 Å². The number of H-pyrrole nitrogens is 1. The number of amides is 12. The Balaban J connectivity index is 1.39. The lowest BCUT2D eigenvalue weighted by molar-refractivity contribution is -0.171. The number of primary amides is 1. The number of nitrogens with zero attached hydrogens (tertiary/aromatic N) is 2. The maximum Gasteiger partial charge on any atom is 0.432 e. The van der Waals surface area contributed by atoms with Gasteiger partial charge in [-0.2, -0.15) is 0 Å². The lowest BCUT2D eigenvalue weighted by Crippen LogP contribution is -2.68. The maximum absolute atomic E-state index is 15.9. The summed E-state index contributed by atoms with van der Waals surface area (Å²) in [5.74, 6) is -13.5. The number of rotatable bonds is 15. The third kappa shape index (κ3) is 14.3. The van der Waals surface area contributed by atoms with E-state index in [-0.39, 0.29) is 72.3 Å². The average molecular weight is 1170 g/mol. The molecular formula is C51H70N12O18S. The van der Waals surface area contributed by atoms with E-state index < -0.39 is 199 Å². The van der Waals surface area contributed by atoms with Crippen LogP contribution in [-0.4, -0.2) is 198 Å². The molecule has 31 heteroatoms. The number of carbonyl (C=O) groups is 12. The molecule has 1 aromatic heterocycles. The minimum Gasteiger partial charge on any atom is -0.475 e. The van der Waals surface area contributed by atoms with Crippen molar-refractivity contribution in [3.8, 4) is 5.75 Å². The molecule has 448 valence electrons. The minimum absolute atomic E-state index is 0.0000566. The van der Waals surface area contributed by atoms with Crippen LogP contribution in [-0.2, 0) is 74.8 Å². The number of hydroxylamine groups is 2. The van der Waals surface area contributed by atoms with Gasteiger partial charge in [0.2, 0.25) is 52.9 Å². The van der Waals surface area contributed by atoms with E-state index in [1.807, 2.05) is 0 Å². The van der Waals surface area contributed by atoms with E-state index in [1.54, 1.807) is 13.8 Å². The molecule has 0 spiro atoms. The first-order valence-corrected chi connectivity index (χ1v) is 28.4. The van der Waals surface area contributed by atoms with Gasteiger partial charge in [-0.3, -0.25) is 56.9 Å². The first-order valence-electron chi connectivity index (χ1n) is 27.1. The molecule has 30 nitrogen and oxygen atoms in total. The molecule has 14 N–H and O–H groups in total. The summed E-state index contributed by atoms with van der Waals surface area (Å²) >= 11 is 0. The quantitative estimate of drug-likeness (QED) is 0.0588. The zero-order chi connectivity index (χ0) is 59.7. The second kappa shape index (κ2) is 26.9. The van der Waals surface area contributed by atoms with Crippen molar-refractivity contribution in [3.63, 3.8) is 0 Å². The Hall–Kier alpha value is -7.77. The van der Waals surface area contributed by atoms with Crippen molar-refractivity contribution in [2.24, 2.45) is 17.6 Å². The van der Waals surface area contributed by atoms with Crippen molar-refractivity contribution in [3.05, 3.63) is 23.8 Å². The Kier molecular flexibility index (Phi) is 20.3. The molecule has 6 aliphatic rings. The maximum atomic E-state index is 15.9. The number of aromatic nitrogens is 1.